The van der Waals surface area contributed by atoms with Crippen molar-refractivity contribution in [1.29, 1.82) is 0 Å². The van der Waals surface area contributed by atoms with Gasteiger partial charge in [0.15, 0.2) is 23.1 Å². The summed E-state index contributed by atoms with van der Waals surface area (Å²) in [6.07, 6.45) is 2.30. The molecule has 1 saturated carbocycles. The molecule has 0 aliphatic heterocycles. The molecule has 0 amide bonds. The van der Waals surface area contributed by atoms with Crippen molar-refractivity contribution in [2.24, 2.45) is 23.7 Å². The fourth-order valence-corrected chi connectivity index (χ4v) is 6.19. The van der Waals surface area contributed by atoms with Crippen LogP contribution in [0.5, 0.6) is 0 Å². The molecule has 4 unspecified atom stereocenters. The summed E-state index contributed by atoms with van der Waals surface area (Å²) < 4.78 is 0. The zero-order valence-corrected chi connectivity index (χ0v) is 16.4. The lowest BCUT2D eigenvalue weighted by atomic mass is 9.56. The summed E-state index contributed by atoms with van der Waals surface area (Å²) in [7, 11) is 0. The molecule has 6 rings (SSSR count). The van der Waals surface area contributed by atoms with Crippen LogP contribution in [0, 0.1) is 23.7 Å². The molecule has 0 heterocycles. The Labute approximate surface area is 174 Å². The average molecular weight is 396 g/mol. The van der Waals surface area contributed by atoms with E-state index in [9.17, 15) is 19.2 Å². The van der Waals surface area contributed by atoms with Crippen LogP contribution in [0.4, 0.5) is 0 Å². The van der Waals surface area contributed by atoms with Gasteiger partial charge in [-0.1, -0.05) is 48.5 Å². The third-order valence-corrected chi connectivity index (χ3v) is 7.66. The second kappa shape index (κ2) is 6.18. The van der Waals surface area contributed by atoms with Crippen molar-refractivity contribution in [1.82, 2.24) is 0 Å². The summed E-state index contributed by atoms with van der Waals surface area (Å²) in [4.78, 5) is 52.5. The highest BCUT2D eigenvalue weighted by Gasteiger charge is 2.50. The normalized spacial score (nSPS) is 29.6. The van der Waals surface area contributed by atoms with Crippen molar-refractivity contribution in [3.8, 4) is 0 Å². The molecule has 0 spiro atoms. The molecule has 2 aromatic carbocycles. The number of ketones is 4. The number of allylic oxidation sites excluding steroid dienone is 2. The third-order valence-electron chi connectivity index (χ3n) is 7.66. The molecule has 0 aromatic heterocycles. The molecule has 1 fully saturated rings. The zero-order chi connectivity index (χ0) is 20.6. The molecule has 0 saturated heterocycles. The van der Waals surface area contributed by atoms with E-state index in [-0.39, 0.29) is 46.8 Å². The van der Waals surface area contributed by atoms with E-state index in [1.54, 1.807) is 48.5 Å². The van der Waals surface area contributed by atoms with Gasteiger partial charge in [0.05, 0.1) is 0 Å². The van der Waals surface area contributed by atoms with Gasteiger partial charge in [0, 0.05) is 45.2 Å². The summed E-state index contributed by atoms with van der Waals surface area (Å²) in [6, 6.07) is 14.1. The van der Waals surface area contributed by atoms with Crippen LogP contribution in [-0.4, -0.2) is 23.1 Å². The van der Waals surface area contributed by atoms with Gasteiger partial charge < -0.3 is 0 Å². The highest BCUT2D eigenvalue weighted by molar-refractivity contribution is 6.27. The SMILES string of the molecule is O=C1C2=C(CC3CC4C(=O)c5ccccc5C(=O)C4CC3C2)C(=O)c2ccccc21. The van der Waals surface area contributed by atoms with Gasteiger partial charge in [0.2, 0.25) is 0 Å². The molecule has 4 aliphatic rings. The molecule has 4 nitrogen and oxygen atoms in total. The molecule has 148 valence electrons. The molecular formula is C26H20O4. The van der Waals surface area contributed by atoms with Gasteiger partial charge in [0.25, 0.3) is 0 Å². The lowest BCUT2D eigenvalue weighted by molar-refractivity contribution is 0.0510. The molecule has 2 aromatic rings. The largest absolute Gasteiger partial charge is 0.294 e. The van der Waals surface area contributed by atoms with Gasteiger partial charge in [-0.25, -0.2) is 0 Å². The van der Waals surface area contributed by atoms with Crippen LogP contribution < -0.4 is 0 Å². The lowest BCUT2D eigenvalue weighted by Gasteiger charge is -2.45. The van der Waals surface area contributed by atoms with E-state index >= 15 is 0 Å². The standard InChI is InChI=1S/C26H20O4/c27-23-15-5-1-2-6-16(15)24(28)20-10-14-12-22-21(11-13(14)9-19(20)23)25(29)17-7-3-4-8-18(17)26(22)30/h1-8,13-14,19-20H,9-12H2. The lowest BCUT2D eigenvalue weighted by Crippen LogP contribution is -2.45. The van der Waals surface area contributed by atoms with Crippen molar-refractivity contribution in [3.05, 3.63) is 81.9 Å². The predicted octanol–water partition coefficient (Wildman–Crippen LogP) is 4.49. The Morgan fingerprint density at radius 3 is 1.30 bits per heavy atom. The third kappa shape index (κ3) is 2.28. The van der Waals surface area contributed by atoms with E-state index < -0.39 is 0 Å². The van der Waals surface area contributed by atoms with Crippen LogP contribution in [-0.2, 0) is 0 Å². The Hall–Kier alpha value is -3.14. The second-order valence-electron chi connectivity index (χ2n) is 9.05. The predicted molar refractivity (Wildman–Crippen MR) is 110 cm³/mol. The average Bonchev–Trinajstić information content (AvgIpc) is 2.79. The number of hydrogen-bond donors (Lipinski definition) is 0. The Kier molecular flexibility index (Phi) is 3.64. The first-order valence-electron chi connectivity index (χ1n) is 10.6. The van der Waals surface area contributed by atoms with Gasteiger partial charge in [-0.2, -0.15) is 0 Å². The minimum absolute atomic E-state index is 0.0443. The highest BCUT2D eigenvalue weighted by Crippen LogP contribution is 2.52. The molecule has 4 atom stereocenters. The first-order chi connectivity index (χ1) is 14.5. The number of carbonyl (C=O) groups is 4. The summed E-state index contributed by atoms with van der Waals surface area (Å²) in [5.74, 6) is -0.262. The number of fused-ring (bicyclic) bond motifs is 4. The van der Waals surface area contributed by atoms with Crippen LogP contribution in [0.15, 0.2) is 59.7 Å². The first kappa shape index (κ1) is 17.7. The maximum absolute atomic E-state index is 13.1. The van der Waals surface area contributed by atoms with Crippen LogP contribution in [0.2, 0.25) is 0 Å². The van der Waals surface area contributed by atoms with Gasteiger partial charge in [-0.05, 0) is 37.5 Å². The summed E-state index contributed by atoms with van der Waals surface area (Å²) in [5.41, 5.74) is 3.32. The van der Waals surface area contributed by atoms with Crippen LogP contribution in [0.25, 0.3) is 0 Å². The molecule has 30 heavy (non-hydrogen) atoms. The molecule has 0 bridgehead atoms. The van der Waals surface area contributed by atoms with Crippen molar-refractivity contribution < 1.29 is 19.2 Å². The Bertz CT molecular complexity index is 1110. The summed E-state index contributed by atoms with van der Waals surface area (Å²) in [6.45, 7) is 0. The van der Waals surface area contributed by atoms with E-state index in [4.69, 9.17) is 0 Å². The van der Waals surface area contributed by atoms with Gasteiger partial charge in [-0.3, -0.25) is 19.2 Å². The van der Waals surface area contributed by atoms with E-state index in [1.165, 1.54) is 0 Å². The smallest absolute Gasteiger partial charge is 0.190 e. The van der Waals surface area contributed by atoms with Gasteiger partial charge >= 0.3 is 0 Å². The molecular weight excluding hydrogens is 376 g/mol. The van der Waals surface area contributed by atoms with Crippen LogP contribution in [0.3, 0.4) is 0 Å². The fourth-order valence-electron chi connectivity index (χ4n) is 6.19. The Balaban J connectivity index is 1.37. The summed E-state index contributed by atoms with van der Waals surface area (Å²) in [5, 5.41) is 0. The van der Waals surface area contributed by atoms with Crippen molar-refractivity contribution in [3.63, 3.8) is 0 Å². The topological polar surface area (TPSA) is 68.3 Å². The van der Waals surface area contributed by atoms with Crippen molar-refractivity contribution in [2.45, 2.75) is 25.7 Å². The first-order valence-corrected chi connectivity index (χ1v) is 10.6. The molecule has 0 radical (unpaired) electrons. The van der Waals surface area contributed by atoms with E-state index in [2.05, 4.69) is 0 Å². The quantitative estimate of drug-likeness (QED) is 0.658. The Morgan fingerprint density at radius 2 is 0.900 bits per heavy atom. The molecule has 0 N–H and O–H groups in total. The number of Topliss-reactive ketones (excluding diaryl/α,β-unsaturated/α-hetero) is 4. The highest BCUT2D eigenvalue weighted by atomic mass is 16.1. The van der Waals surface area contributed by atoms with Crippen molar-refractivity contribution >= 4 is 23.1 Å². The maximum atomic E-state index is 13.1. The zero-order valence-electron chi connectivity index (χ0n) is 16.4. The minimum atomic E-state index is -0.308. The fraction of sp³-hybridized carbons (Fsp3) is 0.308. The number of rotatable bonds is 0. The van der Waals surface area contributed by atoms with Crippen molar-refractivity contribution in [2.75, 3.05) is 0 Å². The molecule has 4 heteroatoms. The number of benzene rings is 2. The molecule has 4 aliphatic carbocycles. The second-order valence-corrected chi connectivity index (χ2v) is 9.05. The summed E-state index contributed by atoms with van der Waals surface area (Å²) >= 11 is 0. The number of carbonyl (C=O) groups excluding carboxylic acids is 4. The van der Waals surface area contributed by atoms with E-state index in [0.717, 1.165) is 0 Å². The minimum Gasteiger partial charge on any atom is -0.294 e. The Morgan fingerprint density at radius 1 is 0.533 bits per heavy atom. The van der Waals surface area contributed by atoms with Gasteiger partial charge in [0.1, 0.15) is 0 Å². The maximum Gasteiger partial charge on any atom is 0.190 e. The van der Waals surface area contributed by atoms with E-state index in [0.29, 0.717) is 59.1 Å². The van der Waals surface area contributed by atoms with E-state index in [1.807, 2.05) is 0 Å². The number of hydrogen-bond acceptors (Lipinski definition) is 4. The van der Waals surface area contributed by atoms with Crippen LogP contribution >= 0.6 is 0 Å². The van der Waals surface area contributed by atoms with Gasteiger partial charge in [-0.15, -0.1) is 0 Å². The monoisotopic (exact) mass is 396 g/mol. The van der Waals surface area contributed by atoms with Crippen LogP contribution in [0.1, 0.15) is 67.1 Å².